The number of aryl methyl sites for hydroxylation is 1. The standard InChI is InChI=1S/C25H25ClN6O3/c1-14-10-16(15(2)28-17-4-5-20(26)30-22(17)24(33)34)21-18(11-14)29-19(12-27)23(31-21)32-8-7-25(13-32)6-3-9-35-25/h4-5,10-11,15,28H,3,6-9,13H2,1-2H3,(H,33,34)/t15-,25-/m1/s1. The number of benzene rings is 1. The van der Waals surface area contributed by atoms with E-state index < -0.39 is 5.97 Å². The van der Waals surface area contributed by atoms with Gasteiger partial charge >= 0.3 is 5.97 Å². The van der Waals surface area contributed by atoms with Gasteiger partial charge in [-0.2, -0.15) is 5.26 Å². The molecule has 2 fully saturated rings. The lowest BCUT2D eigenvalue weighted by molar-refractivity contribution is 0.0231. The average molecular weight is 493 g/mol. The van der Waals surface area contributed by atoms with Crippen LogP contribution in [-0.2, 0) is 4.74 Å². The molecule has 3 aromatic rings. The number of nitrogens with one attached hydrogen (secondary N) is 1. The zero-order valence-corrected chi connectivity index (χ0v) is 20.3. The first-order valence-corrected chi connectivity index (χ1v) is 11.9. The van der Waals surface area contributed by atoms with Crippen molar-refractivity contribution in [2.24, 2.45) is 0 Å². The fraction of sp³-hybridized carbons (Fsp3) is 0.400. The molecular formula is C25H25ClN6O3. The van der Waals surface area contributed by atoms with Crippen LogP contribution in [0, 0.1) is 18.3 Å². The van der Waals surface area contributed by atoms with Crippen LogP contribution in [0.5, 0.6) is 0 Å². The highest BCUT2D eigenvalue weighted by Crippen LogP contribution is 2.38. The number of aromatic nitrogens is 3. The van der Waals surface area contributed by atoms with Gasteiger partial charge in [-0.15, -0.1) is 0 Å². The Balaban J connectivity index is 1.55. The van der Waals surface area contributed by atoms with E-state index in [1.807, 2.05) is 26.0 Å². The SMILES string of the molecule is Cc1cc([C@@H](C)Nc2ccc(Cl)nc2C(=O)O)c2nc(N3CC[C@]4(CCCO4)C3)c(C#N)nc2c1. The number of aromatic carboxylic acids is 1. The zero-order chi connectivity index (χ0) is 24.7. The van der Waals surface area contributed by atoms with Crippen molar-refractivity contribution in [2.45, 2.75) is 44.8 Å². The summed E-state index contributed by atoms with van der Waals surface area (Å²) in [5.74, 6) is -0.613. The third kappa shape index (κ3) is 4.35. The Morgan fingerprint density at radius 1 is 1.31 bits per heavy atom. The van der Waals surface area contributed by atoms with Gasteiger partial charge in [-0.1, -0.05) is 17.7 Å². The van der Waals surface area contributed by atoms with Gasteiger partial charge in [-0.3, -0.25) is 0 Å². The van der Waals surface area contributed by atoms with Crippen molar-refractivity contribution in [3.05, 3.63) is 51.9 Å². The van der Waals surface area contributed by atoms with Crippen LogP contribution in [0.3, 0.4) is 0 Å². The minimum atomic E-state index is -1.17. The number of nitriles is 1. The molecule has 2 aliphatic rings. The molecule has 35 heavy (non-hydrogen) atoms. The van der Waals surface area contributed by atoms with E-state index in [4.69, 9.17) is 21.3 Å². The van der Waals surface area contributed by atoms with Crippen LogP contribution in [0.25, 0.3) is 11.0 Å². The summed E-state index contributed by atoms with van der Waals surface area (Å²) in [5.41, 5.74) is 3.41. The van der Waals surface area contributed by atoms with Crippen LogP contribution in [0.4, 0.5) is 11.5 Å². The number of carbonyl (C=O) groups is 1. The lowest BCUT2D eigenvalue weighted by Gasteiger charge is -2.25. The van der Waals surface area contributed by atoms with E-state index in [1.54, 1.807) is 12.1 Å². The van der Waals surface area contributed by atoms with Crippen LogP contribution in [-0.4, -0.2) is 51.3 Å². The summed E-state index contributed by atoms with van der Waals surface area (Å²) in [6, 6.07) is 8.95. The second kappa shape index (κ2) is 8.95. The van der Waals surface area contributed by atoms with Crippen molar-refractivity contribution < 1.29 is 14.6 Å². The lowest BCUT2D eigenvalue weighted by atomic mass is 10.00. The molecule has 5 rings (SSSR count). The van der Waals surface area contributed by atoms with Crippen molar-refractivity contribution in [2.75, 3.05) is 29.9 Å². The Labute approximate surface area is 207 Å². The van der Waals surface area contributed by atoms with Crippen LogP contribution in [0.2, 0.25) is 5.15 Å². The third-order valence-corrected chi connectivity index (χ3v) is 6.95. The normalized spacial score (nSPS) is 20.3. The molecule has 1 aromatic carbocycles. The molecule has 2 aromatic heterocycles. The molecule has 4 heterocycles. The maximum Gasteiger partial charge on any atom is 0.356 e. The molecule has 180 valence electrons. The smallest absolute Gasteiger partial charge is 0.356 e. The Bertz CT molecular complexity index is 1370. The summed E-state index contributed by atoms with van der Waals surface area (Å²) >= 11 is 5.91. The molecule has 10 heteroatoms. The van der Waals surface area contributed by atoms with Gasteiger partial charge in [-0.05, 0) is 56.9 Å². The summed E-state index contributed by atoms with van der Waals surface area (Å²) in [4.78, 5) is 27.4. The molecule has 9 nitrogen and oxygen atoms in total. The second-order valence-corrected chi connectivity index (χ2v) is 9.62. The molecule has 2 saturated heterocycles. The lowest BCUT2D eigenvalue weighted by Crippen LogP contribution is -2.33. The maximum absolute atomic E-state index is 11.7. The van der Waals surface area contributed by atoms with E-state index in [-0.39, 0.29) is 22.5 Å². The van der Waals surface area contributed by atoms with Gasteiger partial charge in [0.2, 0.25) is 0 Å². The summed E-state index contributed by atoms with van der Waals surface area (Å²) in [5, 5.41) is 22.8. The van der Waals surface area contributed by atoms with Crippen molar-refractivity contribution in [3.63, 3.8) is 0 Å². The Kier molecular flexibility index (Phi) is 5.95. The molecule has 2 aliphatic heterocycles. The minimum absolute atomic E-state index is 0.107. The zero-order valence-electron chi connectivity index (χ0n) is 19.5. The van der Waals surface area contributed by atoms with Gasteiger partial charge < -0.3 is 20.1 Å². The fourth-order valence-electron chi connectivity index (χ4n) is 5.08. The molecule has 2 N–H and O–H groups in total. The molecule has 0 bridgehead atoms. The van der Waals surface area contributed by atoms with E-state index in [0.717, 1.165) is 43.5 Å². The number of hydrogen-bond acceptors (Lipinski definition) is 8. The number of nitrogens with zero attached hydrogens (tertiary/aromatic N) is 5. The fourth-order valence-corrected chi connectivity index (χ4v) is 5.22. The van der Waals surface area contributed by atoms with Gasteiger partial charge in [-0.25, -0.2) is 19.7 Å². The highest BCUT2D eigenvalue weighted by Gasteiger charge is 2.42. The summed E-state index contributed by atoms with van der Waals surface area (Å²) in [6.45, 7) is 6.08. The maximum atomic E-state index is 11.7. The number of rotatable bonds is 5. The molecular weight excluding hydrogens is 468 g/mol. The largest absolute Gasteiger partial charge is 0.476 e. The van der Waals surface area contributed by atoms with E-state index in [9.17, 15) is 15.2 Å². The van der Waals surface area contributed by atoms with E-state index >= 15 is 0 Å². The topological polar surface area (TPSA) is 124 Å². The van der Waals surface area contributed by atoms with Crippen molar-refractivity contribution in [1.82, 2.24) is 15.0 Å². The van der Waals surface area contributed by atoms with E-state index in [0.29, 0.717) is 34.8 Å². The van der Waals surface area contributed by atoms with E-state index in [1.165, 1.54) is 0 Å². The number of carboxylic acids is 1. The van der Waals surface area contributed by atoms with Crippen LogP contribution in [0.15, 0.2) is 24.3 Å². The third-order valence-electron chi connectivity index (χ3n) is 6.73. The van der Waals surface area contributed by atoms with Gasteiger partial charge in [0.25, 0.3) is 0 Å². The van der Waals surface area contributed by atoms with Crippen LogP contribution in [0.1, 0.15) is 59.5 Å². The van der Waals surface area contributed by atoms with Gasteiger partial charge in [0.05, 0.1) is 28.4 Å². The number of ether oxygens (including phenoxy) is 1. The number of anilines is 2. The quantitative estimate of drug-likeness (QED) is 0.495. The number of hydrogen-bond donors (Lipinski definition) is 2. The number of carboxylic acid groups (broad SMARTS) is 1. The molecule has 0 saturated carbocycles. The number of pyridine rings is 1. The van der Waals surface area contributed by atoms with Crippen molar-refractivity contribution in [1.29, 1.82) is 5.26 Å². The highest BCUT2D eigenvalue weighted by molar-refractivity contribution is 6.29. The molecule has 0 radical (unpaired) electrons. The second-order valence-electron chi connectivity index (χ2n) is 9.24. The van der Waals surface area contributed by atoms with Crippen molar-refractivity contribution >= 4 is 40.1 Å². The van der Waals surface area contributed by atoms with Gasteiger partial charge in [0.1, 0.15) is 11.2 Å². The summed E-state index contributed by atoms with van der Waals surface area (Å²) in [6.07, 6.45) is 2.96. The van der Waals surface area contributed by atoms with Gasteiger partial charge in [0, 0.05) is 25.3 Å². The summed E-state index contributed by atoms with van der Waals surface area (Å²) in [7, 11) is 0. The monoisotopic (exact) mass is 492 g/mol. The first-order valence-electron chi connectivity index (χ1n) is 11.6. The molecule has 0 amide bonds. The Morgan fingerprint density at radius 3 is 2.86 bits per heavy atom. The predicted molar refractivity (Wildman–Crippen MR) is 132 cm³/mol. The highest BCUT2D eigenvalue weighted by atomic mass is 35.5. The molecule has 2 atom stereocenters. The molecule has 0 aliphatic carbocycles. The molecule has 0 unspecified atom stereocenters. The summed E-state index contributed by atoms with van der Waals surface area (Å²) < 4.78 is 6.05. The Hall–Kier alpha value is -3.48. The number of fused-ring (bicyclic) bond motifs is 1. The average Bonchev–Trinajstić information content (AvgIpc) is 3.48. The first kappa shape index (κ1) is 23.3. The predicted octanol–water partition coefficient (Wildman–Crippen LogP) is 4.49. The number of halogens is 1. The van der Waals surface area contributed by atoms with Crippen LogP contribution >= 0.6 is 11.6 Å². The Morgan fingerprint density at radius 2 is 2.14 bits per heavy atom. The first-order chi connectivity index (χ1) is 16.8. The van der Waals surface area contributed by atoms with Gasteiger partial charge in [0.15, 0.2) is 17.2 Å². The molecule has 1 spiro atoms. The minimum Gasteiger partial charge on any atom is -0.476 e. The van der Waals surface area contributed by atoms with E-state index in [2.05, 4.69) is 26.3 Å². The van der Waals surface area contributed by atoms with Crippen LogP contribution < -0.4 is 10.2 Å². The van der Waals surface area contributed by atoms with Crippen molar-refractivity contribution in [3.8, 4) is 6.07 Å².